The Labute approximate surface area is 161 Å². The molecule has 0 spiro atoms. The second-order valence-electron chi connectivity index (χ2n) is 6.09. The van der Waals surface area contributed by atoms with Gasteiger partial charge in [0.05, 0.1) is 0 Å². The van der Waals surface area contributed by atoms with Crippen LogP contribution in [-0.2, 0) is 23.0 Å². The standard InChI is InChI=1S/C19H27N5O2S/c1-4-16-7-9-17(10-8-16)15-24(3)19(20-2)22-12-13-23-27(25,26)18-6-5-11-21-14-18/h5-11,14,23H,4,12-13,15H2,1-3H3,(H,20,22). The van der Waals surface area contributed by atoms with Crippen LogP contribution in [0.2, 0.25) is 0 Å². The summed E-state index contributed by atoms with van der Waals surface area (Å²) in [6, 6.07) is 11.6. The number of rotatable bonds is 8. The highest BCUT2D eigenvalue weighted by molar-refractivity contribution is 7.89. The van der Waals surface area contributed by atoms with Gasteiger partial charge in [0, 0.05) is 46.1 Å². The molecule has 0 aliphatic rings. The summed E-state index contributed by atoms with van der Waals surface area (Å²) in [6.07, 6.45) is 3.89. The van der Waals surface area contributed by atoms with E-state index >= 15 is 0 Å². The smallest absolute Gasteiger partial charge is 0.242 e. The second-order valence-corrected chi connectivity index (χ2v) is 7.85. The molecule has 7 nitrogen and oxygen atoms in total. The number of pyridine rings is 1. The first-order chi connectivity index (χ1) is 13.0. The molecule has 0 saturated heterocycles. The number of nitrogens with one attached hydrogen (secondary N) is 2. The monoisotopic (exact) mass is 389 g/mol. The lowest BCUT2D eigenvalue weighted by Gasteiger charge is -2.22. The van der Waals surface area contributed by atoms with Crippen molar-refractivity contribution in [2.75, 3.05) is 27.2 Å². The second kappa shape index (κ2) is 10.0. The molecule has 0 aliphatic carbocycles. The largest absolute Gasteiger partial charge is 0.355 e. The third kappa shape index (κ3) is 6.33. The first-order valence-electron chi connectivity index (χ1n) is 8.85. The van der Waals surface area contributed by atoms with Crippen LogP contribution in [0.1, 0.15) is 18.1 Å². The molecular formula is C19H27N5O2S. The molecule has 146 valence electrons. The number of aromatic nitrogens is 1. The Kier molecular flexibility index (Phi) is 7.75. The number of hydrogen-bond donors (Lipinski definition) is 2. The fraction of sp³-hybridized carbons (Fsp3) is 0.368. The quantitative estimate of drug-likeness (QED) is 0.407. The normalized spacial score (nSPS) is 12.0. The van der Waals surface area contributed by atoms with E-state index in [0.29, 0.717) is 19.0 Å². The Morgan fingerprint density at radius 1 is 1.15 bits per heavy atom. The molecule has 1 aromatic heterocycles. The Bertz CT molecular complexity index is 836. The van der Waals surface area contributed by atoms with Crippen molar-refractivity contribution in [3.8, 4) is 0 Å². The summed E-state index contributed by atoms with van der Waals surface area (Å²) < 4.78 is 26.9. The van der Waals surface area contributed by atoms with E-state index in [4.69, 9.17) is 0 Å². The van der Waals surface area contributed by atoms with Crippen LogP contribution in [0, 0.1) is 0 Å². The minimum Gasteiger partial charge on any atom is -0.355 e. The minimum atomic E-state index is -3.55. The van der Waals surface area contributed by atoms with Gasteiger partial charge in [0.1, 0.15) is 4.90 Å². The van der Waals surface area contributed by atoms with Crippen molar-refractivity contribution in [2.24, 2.45) is 4.99 Å². The van der Waals surface area contributed by atoms with Gasteiger partial charge in [0.25, 0.3) is 0 Å². The topological polar surface area (TPSA) is 86.7 Å². The molecule has 0 atom stereocenters. The van der Waals surface area contributed by atoms with E-state index in [1.54, 1.807) is 13.1 Å². The van der Waals surface area contributed by atoms with Crippen LogP contribution in [0.3, 0.4) is 0 Å². The Balaban J connectivity index is 1.82. The fourth-order valence-corrected chi connectivity index (χ4v) is 3.56. The van der Waals surface area contributed by atoms with Gasteiger partial charge in [0.15, 0.2) is 5.96 Å². The highest BCUT2D eigenvalue weighted by Crippen LogP contribution is 2.07. The zero-order chi connectivity index (χ0) is 19.7. The Hall–Kier alpha value is -2.45. The van der Waals surface area contributed by atoms with Crippen molar-refractivity contribution in [3.05, 3.63) is 59.9 Å². The minimum absolute atomic E-state index is 0.155. The molecule has 0 aliphatic heterocycles. The molecule has 1 aromatic carbocycles. The van der Waals surface area contributed by atoms with Gasteiger partial charge < -0.3 is 10.2 Å². The predicted octanol–water partition coefficient (Wildman–Crippen LogP) is 1.63. The van der Waals surface area contributed by atoms with Crippen molar-refractivity contribution in [2.45, 2.75) is 24.8 Å². The molecule has 2 aromatic rings. The number of guanidine groups is 1. The first-order valence-corrected chi connectivity index (χ1v) is 10.3. The molecule has 27 heavy (non-hydrogen) atoms. The van der Waals surface area contributed by atoms with Gasteiger partial charge in [-0.1, -0.05) is 31.2 Å². The van der Waals surface area contributed by atoms with Gasteiger partial charge in [0.2, 0.25) is 10.0 Å². The maximum absolute atomic E-state index is 12.2. The van der Waals surface area contributed by atoms with Crippen molar-refractivity contribution in [3.63, 3.8) is 0 Å². The van der Waals surface area contributed by atoms with Crippen LogP contribution in [0.25, 0.3) is 0 Å². The van der Waals surface area contributed by atoms with E-state index in [1.165, 1.54) is 29.6 Å². The van der Waals surface area contributed by atoms with Gasteiger partial charge in [-0.3, -0.25) is 9.98 Å². The number of hydrogen-bond acceptors (Lipinski definition) is 4. The molecule has 2 rings (SSSR count). The average molecular weight is 390 g/mol. The number of nitrogens with zero attached hydrogens (tertiary/aromatic N) is 3. The van der Waals surface area contributed by atoms with Crippen molar-refractivity contribution in [1.29, 1.82) is 0 Å². The molecule has 2 N–H and O–H groups in total. The zero-order valence-corrected chi connectivity index (χ0v) is 16.8. The van der Waals surface area contributed by atoms with E-state index in [2.05, 4.69) is 51.2 Å². The average Bonchev–Trinajstić information content (AvgIpc) is 2.69. The number of aryl methyl sites for hydroxylation is 1. The summed E-state index contributed by atoms with van der Waals surface area (Å²) in [5, 5.41) is 3.17. The van der Waals surface area contributed by atoms with E-state index < -0.39 is 10.0 Å². The summed E-state index contributed by atoms with van der Waals surface area (Å²) >= 11 is 0. The summed E-state index contributed by atoms with van der Waals surface area (Å²) in [4.78, 5) is 10.2. The summed E-state index contributed by atoms with van der Waals surface area (Å²) in [5.74, 6) is 0.704. The summed E-state index contributed by atoms with van der Waals surface area (Å²) in [7, 11) is 0.108. The number of benzene rings is 1. The lowest BCUT2D eigenvalue weighted by molar-refractivity contribution is 0.477. The molecule has 8 heteroatoms. The van der Waals surface area contributed by atoms with Crippen molar-refractivity contribution >= 4 is 16.0 Å². The first kappa shape index (κ1) is 20.9. The molecule has 0 fully saturated rings. The number of aliphatic imine (C=N–C) groups is 1. The van der Waals surface area contributed by atoms with Crippen LogP contribution in [0.5, 0.6) is 0 Å². The molecule has 0 amide bonds. The van der Waals surface area contributed by atoms with Gasteiger partial charge in [-0.15, -0.1) is 0 Å². The molecular weight excluding hydrogens is 362 g/mol. The van der Waals surface area contributed by atoms with Gasteiger partial charge in [-0.25, -0.2) is 13.1 Å². The van der Waals surface area contributed by atoms with Gasteiger partial charge in [-0.05, 0) is 29.7 Å². The lowest BCUT2D eigenvalue weighted by atomic mass is 10.1. The maximum Gasteiger partial charge on any atom is 0.242 e. The van der Waals surface area contributed by atoms with Crippen molar-refractivity contribution in [1.82, 2.24) is 19.9 Å². The fourth-order valence-electron chi connectivity index (χ4n) is 2.56. The molecule has 0 unspecified atom stereocenters. The van der Waals surface area contributed by atoms with Gasteiger partial charge in [-0.2, -0.15) is 0 Å². The van der Waals surface area contributed by atoms with E-state index in [-0.39, 0.29) is 11.4 Å². The van der Waals surface area contributed by atoms with Crippen LogP contribution < -0.4 is 10.0 Å². The van der Waals surface area contributed by atoms with E-state index in [9.17, 15) is 8.42 Å². The SMILES string of the molecule is CCc1ccc(CN(C)C(=NC)NCCNS(=O)(=O)c2cccnc2)cc1. The molecule has 0 radical (unpaired) electrons. The van der Waals surface area contributed by atoms with Crippen LogP contribution in [0.4, 0.5) is 0 Å². The highest BCUT2D eigenvalue weighted by atomic mass is 32.2. The van der Waals surface area contributed by atoms with Crippen LogP contribution >= 0.6 is 0 Å². The highest BCUT2D eigenvalue weighted by Gasteiger charge is 2.13. The molecule has 0 saturated carbocycles. The van der Waals surface area contributed by atoms with E-state index in [1.807, 2.05) is 11.9 Å². The van der Waals surface area contributed by atoms with Crippen LogP contribution in [0.15, 0.2) is 58.7 Å². The van der Waals surface area contributed by atoms with Crippen LogP contribution in [-0.4, -0.2) is 51.4 Å². The molecule has 0 bridgehead atoms. The number of sulfonamides is 1. The third-order valence-corrected chi connectivity index (χ3v) is 5.52. The summed E-state index contributed by atoms with van der Waals surface area (Å²) in [6.45, 7) is 3.51. The van der Waals surface area contributed by atoms with E-state index in [0.717, 1.165) is 6.42 Å². The lowest BCUT2D eigenvalue weighted by Crippen LogP contribution is -2.42. The maximum atomic E-state index is 12.2. The Morgan fingerprint density at radius 2 is 1.85 bits per heavy atom. The third-order valence-electron chi connectivity index (χ3n) is 4.07. The Morgan fingerprint density at radius 3 is 2.44 bits per heavy atom. The van der Waals surface area contributed by atoms with Crippen molar-refractivity contribution < 1.29 is 8.42 Å². The summed E-state index contributed by atoms with van der Waals surface area (Å²) in [5.41, 5.74) is 2.50. The zero-order valence-electron chi connectivity index (χ0n) is 16.0. The molecule has 1 heterocycles. The van der Waals surface area contributed by atoms with Gasteiger partial charge >= 0.3 is 0 Å². The predicted molar refractivity (Wildman–Crippen MR) is 108 cm³/mol.